The maximum absolute atomic E-state index is 5.89. The van der Waals surface area contributed by atoms with Gasteiger partial charge in [0.05, 0.1) is 11.4 Å². The third-order valence-electron chi connectivity index (χ3n) is 1.92. The van der Waals surface area contributed by atoms with E-state index in [-0.39, 0.29) is 10.3 Å². The highest BCUT2D eigenvalue weighted by atomic mass is 79.9. The van der Waals surface area contributed by atoms with Crippen molar-refractivity contribution in [3.63, 3.8) is 0 Å². The molecular weight excluding hydrogens is 348 g/mol. The first-order chi connectivity index (χ1) is 8.06. The van der Waals surface area contributed by atoms with Gasteiger partial charge in [-0.15, -0.1) is 10.2 Å². The number of nitrogens with zero attached hydrogens (tertiary/aromatic N) is 2. The van der Waals surface area contributed by atoms with Crippen LogP contribution in [0.4, 0.5) is 11.4 Å². The van der Waals surface area contributed by atoms with Gasteiger partial charge in [0.1, 0.15) is 0 Å². The van der Waals surface area contributed by atoms with E-state index in [0.717, 1.165) is 10.2 Å². The number of anilines is 2. The van der Waals surface area contributed by atoms with Gasteiger partial charge in [0.25, 0.3) is 0 Å². The van der Waals surface area contributed by atoms with Crippen molar-refractivity contribution in [2.45, 2.75) is 0 Å². The number of benzene rings is 1. The molecule has 2 rings (SSSR count). The van der Waals surface area contributed by atoms with Gasteiger partial charge in [0, 0.05) is 15.6 Å². The number of rotatable bonds is 2. The zero-order valence-corrected chi connectivity index (χ0v) is 12.1. The molecular formula is C10H5BrCl3N3. The molecule has 0 aliphatic rings. The summed E-state index contributed by atoms with van der Waals surface area (Å²) in [5, 5.41) is 11.6. The Morgan fingerprint density at radius 1 is 1.00 bits per heavy atom. The van der Waals surface area contributed by atoms with E-state index in [9.17, 15) is 0 Å². The fourth-order valence-electron chi connectivity index (χ4n) is 1.18. The Bertz CT molecular complexity index is 562. The fraction of sp³-hybridized carbons (Fsp3) is 0. The van der Waals surface area contributed by atoms with E-state index >= 15 is 0 Å². The van der Waals surface area contributed by atoms with Crippen molar-refractivity contribution in [3.05, 3.63) is 44.1 Å². The largest absolute Gasteiger partial charge is 0.352 e. The number of hydrogen-bond acceptors (Lipinski definition) is 3. The van der Waals surface area contributed by atoms with Crippen molar-refractivity contribution in [2.24, 2.45) is 0 Å². The summed E-state index contributed by atoms with van der Waals surface area (Å²) in [6, 6.07) is 6.95. The zero-order chi connectivity index (χ0) is 12.4. The maximum atomic E-state index is 5.89. The minimum absolute atomic E-state index is 0.247. The Hall–Kier alpha value is -0.550. The van der Waals surface area contributed by atoms with Crippen LogP contribution in [0.1, 0.15) is 0 Å². The molecule has 0 spiro atoms. The van der Waals surface area contributed by atoms with Crippen LogP contribution in [0, 0.1) is 0 Å². The van der Waals surface area contributed by atoms with Gasteiger partial charge >= 0.3 is 0 Å². The average molecular weight is 353 g/mol. The number of aromatic nitrogens is 2. The first-order valence-electron chi connectivity index (χ1n) is 4.47. The second-order valence-electron chi connectivity index (χ2n) is 3.12. The summed E-state index contributed by atoms with van der Waals surface area (Å²) < 4.78 is 0.814. The molecule has 0 bridgehead atoms. The van der Waals surface area contributed by atoms with Crippen LogP contribution in [0.5, 0.6) is 0 Å². The molecule has 0 unspecified atom stereocenters. The summed E-state index contributed by atoms with van der Waals surface area (Å²) in [6.07, 6.45) is 0. The lowest BCUT2D eigenvalue weighted by atomic mass is 10.3. The highest BCUT2D eigenvalue weighted by molar-refractivity contribution is 9.10. The molecule has 0 aliphatic carbocycles. The fourth-order valence-corrected chi connectivity index (χ4v) is 2.24. The Morgan fingerprint density at radius 3 is 2.47 bits per heavy atom. The van der Waals surface area contributed by atoms with Crippen LogP contribution in [0.25, 0.3) is 0 Å². The molecule has 0 amide bonds. The van der Waals surface area contributed by atoms with E-state index in [1.165, 1.54) is 0 Å². The SMILES string of the molecule is Clc1ccc(Nc2cc(Cl)nnc2Cl)c(Br)c1. The third-order valence-corrected chi connectivity index (χ3v) is 3.27. The van der Waals surface area contributed by atoms with E-state index in [0.29, 0.717) is 10.7 Å². The van der Waals surface area contributed by atoms with Crippen LogP contribution in [0.2, 0.25) is 15.3 Å². The first-order valence-corrected chi connectivity index (χ1v) is 6.40. The molecule has 1 aromatic carbocycles. The van der Waals surface area contributed by atoms with Gasteiger partial charge in [-0.3, -0.25) is 0 Å². The van der Waals surface area contributed by atoms with E-state index in [4.69, 9.17) is 34.8 Å². The monoisotopic (exact) mass is 351 g/mol. The Labute approximate surface area is 121 Å². The molecule has 0 aliphatic heterocycles. The molecule has 1 aromatic heterocycles. The van der Waals surface area contributed by atoms with Crippen LogP contribution >= 0.6 is 50.7 Å². The normalized spacial score (nSPS) is 10.4. The van der Waals surface area contributed by atoms with Crippen molar-refractivity contribution in [2.75, 3.05) is 5.32 Å². The second kappa shape index (κ2) is 5.40. The van der Waals surface area contributed by atoms with Gasteiger partial charge in [-0.05, 0) is 34.1 Å². The lowest BCUT2D eigenvalue weighted by molar-refractivity contribution is 1.03. The molecule has 0 saturated carbocycles. The minimum Gasteiger partial charge on any atom is -0.352 e. The molecule has 1 N–H and O–H groups in total. The Balaban J connectivity index is 2.34. The molecule has 0 atom stereocenters. The number of hydrogen-bond donors (Lipinski definition) is 1. The van der Waals surface area contributed by atoms with Gasteiger partial charge in [0.2, 0.25) is 0 Å². The Morgan fingerprint density at radius 2 is 1.76 bits per heavy atom. The minimum atomic E-state index is 0.247. The highest BCUT2D eigenvalue weighted by Crippen LogP contribution is 2.31. The van der Waals surface area contributed by atoms with Gasteiger partial charge in [-0.1, -0.05) is 34.8 Å². The van der Waals surface area contributed by atoms with Crippen molar-refractivity contribution in [3.8, 4) is 0 Å². The molecule has 2 aromatic rings. The van der Waals surface area contributed by atoms with E-state index in [2.05, 4.69) is 31.4 Å². The van der Waals surface area contributed by atoms with Crippen LogP contribution in [-0.4, -0.2) is 10.2 Å². The van der Waals surface area contributed by atoms with Crippen molar-refractivity contribution in [1.82, 2.24) is 10.2 Å². The maximum Gasteiger partial charge on any atom is 0.175 e. The summed E-state index contributed by atoms with van der Waals surface area (Å²) in [7, 11) is 0. The van der Waals surface area contributed by atoms with E-state index in [1.54, 1.807) is 18.2 Å². The number of nitrogens with one attached hydrogen (secondary N) is 1. The molecule has 7 heteroatoms. The van der Waals surface area contributed by atoms with Crippen LogP contribution in [-0.2, 0) is 0 Å². The highest BCUT2D eigenvalue weighted by Gasteiger charge is 2.07. The molecule has 0 radical (unpaired) electrons. The quantitative estimate of drug-likeness (QED) is 0.831. The lowest BCUT2D eigenvalue weighted by Crippen LogP contribution is -1.95. The summed E-state index contributed by atoms with van der Waals surface area (Å²) in [5.74, 6) is 0. The van der Waals surface area contributed by atoms with Crippen LogP contribution in [0.15, 0.2) is 28.7 Å². The molecule has 88 valence electrons. The average Bonchev–Trinajstić information content (AvgIpc) is 2.27. The van der Waals surface area contributed by atoms with Crippen molar-refractivity contribution in [1.29, 1.82) is 0 Å². The van der Waals surface area contributed by atoms with Gasteiger partial charge in [-0.25, -0.2) is 0 Å². The summed E-state index contributed by atoms with van der Waals surface area (Å²) in [5.41, 5.74) is 1.38. The second-order valence-corrected chi connectivity index (χ2v) is 5.16. The van der Waals surface area contributed by atoms with Gasteiger partial charge in [0.15, 0.2) is 10.3 Å². The zero-order valence-electron chi connectivity index (χ0n) is 8.22. The predicted molar refractivity (Wildman–Crippen MR) is 74.5 cm³/mol. The smallest absolute Gasteiger partial charge is 0.175 e. The van der Waals surface area contributed by atoms with E-state index in [1.807, 2.05) is 6.07 Å². The Kier molecular flexibility index (Phi) is 4.09. The summed E-state index contributed by atoms with van der Waals surface area (Å²) in [6.45, 7) is 0. The van der Waals surface area contributed by atoms with Gasteiger partial charge < -0.3 is 5.32 Å². The standard InChI is InChI=1S/C10H5BrCl3N3/c11-6-3-5(12)1-2-7(6)15-8-4-9(13)16-17-10(8)14/h1-4H,(H,15,16). The first kappa shape index (κ1) is 12.9. The van der Waals surface area contributed by atoms with Crippen LogP contribution < -0.4 is 5.32 Å². The number of halogens is 4. The van der Waals surface area contributed by atoms with Crippen molar-refractivity contribution < 1.29 is 0 Å². The topological polar surface area (TPSA) is 37.8 Å². The molecule has 17 heavy (non-hydrogen) atoms. The molecule has 3 nitrogen and oxygen atoms in total. The third kappa shape index (κ3) is 3.22. The van der Waals surface area contributed by atoms with Gasteiger partial charge in [-0.2, -0.15) is 0 Å². The molecule has 0 saturated heterocycles. The summed E-state index contributed by atoms with van der Waals surface area (Å²) >= 11 is 20.9. The summed E-state index contributed by atoms with van der Waals surface area (Å²) in [4.78, 5) is 0. The van der Waals surface area contributed by atoms with Crippen LogP contribution in [0.3, 0.4) is 0 Å². The lowest BCUT2D eigenvalue weighted by Gasteiger charge is -2.09. The van der Waals surface area contributed by atoms with Crippen molar-refractivity contribution >= 4 is 62.1 Å². The molecule has 0 fully saturated rings. The predicted octanol–water partition coefficient (Wildman–Crippen LogP) is 4.94. The van der Waals surface area contributed by atoms with E-state index < -0.39 is 0 Å². The molecule has 1 heterocycles.